The molecule has 45 heavy (non-hydrogen) atoms. The molecule has 1 fully saturated rings. The number of carbonyl (C=O) groups excluding carboxylic acids is 1. The molecule has 0 bridgehead atoms. The second-order valence-electron chi connectivity index (χ2n) is 12.6. The van der Waals surface area contributed by atoms with Crippen molar-refractivity contribution in [2.75, 3.05) is 26.2 Å². The number of hydrogen-bond acceptors (Lipinski definition) is 8. The second kappa shape index (κ2) is 14.2. The van der Waals surface area contributed by atoms with Crippen LogP contribution < -0.4 is 22.5 Å². The molecule has 2 aromatic rings. The molecular formula is C32H48N6O6S. The highest BCUT2D eigenvalue weighted by Crippen LogP contribution is 2.46. The molecular weight excluding hydrogens is 596 g/mol. The fraction of sp³-hybridized carbons (Fsp3) is 0.531. The monoisotopic (exact) mass is 644 g/mol. The molecule has 12 nitrogen and oxygen atoms in total. The van der Waals surface area contributed by atoms with Crippen molar-refractivity contribution in [3.8, 4) is 0 Å². The predicted molar refractivity (Wildman–Crippen MR) is 175 cm³/mol. The second-order valence-corrected chi connectivity index (χ2v) is 14.8. The number of ether oxygens (including phenoxy) is 1. The van der Waals surface area contributed by atoms with Crippen LogP contribution in [0.15, 0.2) is 40.2 Å². The Hall–Kier alpha value is -3.68. The zero-order valence-corrected chi connectivity index (χ0v) is 28.1. The van der Waals surface area contributed by atoms with Gasteiger partial charge in [0.1, 0.15) is 6.04 Å². The van der Waals surface area contributed by atoms with Gasteiger partial charge in [-0.25, -0.2) is 18.2 Å². The summed E-state index contributed by atoms with van der Waals surface area (Å²) < 4.78 is 36.7. The van der Waals surface area contributed by atoms with Gasteiger partial charge in [0.15, 0.2) is 5.96 Å². The van der Waals surface area contributed by atoms with E-state index in [1.807, 2.05) is 39.8 Å². The maximum absolute atomic E-state index is 15.3. The summed E-state index contributed by atoms with van der Waals surface area (Å²) in [5, 5.41) is 12.5. The number of guanidine groups is 1. The van der Waals surface area contributed by atoms with E-state index in [-0.39, 0.29) is 46.3 Å². The van der Waals surface area contributed by atoms with E-state index < -0.39 is 32.9 Å². The first kappa shape index (κ1) is 35.8. The van der Waals surface area contributed by atoms with Gasteiger partial charge in [0.25, 0.3) is 0 Å². The third-order valence-corrected chi connectivity index (χ3v) is 10.4. The molecule has 1 aliphatic heterocycles. The van der Waals surface area contributed by atoms with Crippen molar-refractivity contribution in [3.05, 3.63) is 58.1 Å². The Morgan fingerprint density at radius 2 is 1.56 bits per heavy atom. The van der Waals surface area contributed by atoms with Gasteiger partial charge in [-0.1, -0.05) is 65.8 Å². The van der Waals surface area contributed by atoms with Crippen molar-refractivity contribution in [1.29, 1.82) is 0 Å². The van der Waals surface area contributed by atoms with Crippen LogP contribution in [-0.4, -0.2) is 68.7 Å². The van der Waals surface area contributed by atoms with E-state index >= 15 is 8.42 Å². The van der Waals surface area contributed by atoms with E-state index in [1.54, 1.807) is 6.07 Å². The molecule has 1 heterocycles. The molecule has 3 rings (SSSR count). The van der Waals surface area contributed by atoms with Crippen LogP contribution in [-0.2, 0) is 30.7 Å². The number of carbonyl (C=O) groups is 2. The highest BCUT2D eigenvalue weighted by atomic mass is 32.2. The Morgan fingerprint density at radius 3 is 2.02 bits per heavy atom. The Balaban J connectivity index is 2.41. The summed E-state index contributed by atoms with van der Waals surface area (Å²) in [6, 6.07) is 7.09. The maximum atomic E-state index is 15.3. The summed E-state index contributed by atoms with van der Waals surface area (Å²) in [6.07, 6.45) is -0.871. The molecule has 2 aromatic carbocycles. The zero-order valence-electron chi connectivity index (χ0n) is 27.3. The Bertz CT molecular complexity index is 1520. The molecule has 0 radical (unpaired) electrons. The number of carboxylic acid groups (broad SMARTS) is 1. The molecule has 1 saturated heterocycles. The topological polar surface area (TPSA) is 203 Å². The van der Waals surface area contributed by atoms with Crippen molar-refractivity contribution in [2.45, 2.75) is 88.5 Å². The highest BCUT2D eigenvalue weighted by Gasteiger charge is 2.50. The molecule has 0 aliphatic carbocycles. The smallest absolute Gasteiger partial charge is 0.411 e. The number of piperazine rings is 1. The average Bonchev–Trinajstić information content (AvgIpc) is 2.96. The van der Waals surface area contributed by atoms with Crippen molar-refractivity contribution >= 4 is 33.5 Å². The first-order chi connectivity index (χ1) is 20.9. The number of rotatable bonds is 11. The third-order valence-electron chi connectivity index (χ3n) is 8.09. The lowest BCUT2D eigenvalue weighted by atomic mass is 9.89. The summed E-state index contributed by atoms with van der Waals surface area (Å²) >= 11 is 0. The molecule has 2 atom stereocenters. The van der Waals surface area contributed by atoms with Crippen LogP contribution in [0.1, 0.15) is 94.0 Å². The van der Waals surface area contributed by atoms with Gasteiger partial charge in [-0.15, -0.1) is 0 Å². The minimum atomic E-state index is -4.54. The number of aliphatic carboxylic acids is 1. The lowest BCUT2D eigenvalue weighted by Crippen LogP contribution is -2.50. The van der Waals surface area contributed by atoms with E-state index in [4.69, 9.17) is 21.9 Å². The van der Waals surface area contributed by atoms with Gasteiger partial charge >= 0.3 is 12.1 Å². The van der Waals surface area contributed by atoms with Crippen molar-refractivity contribution in [2.24, 2.45) is 22.2 Å². The summed E-state index contributed by atoms with van der Waals surface area (Å²) in [4.78, 5) is 28.6. The number of aliphatic imine (C=N–C) groups is 1. The standard InChI is InChI=1S/C32H48N6O6S/c1-18(2)22-16-23(19(3)4)28(24(17-22)20(5)6)45(42,43)32(7,44-31(41)38-12-10-36-11-13-38)25-9-8-21(14-26(33)29(39)40)15-27(25)37-30(34)35/h8-9,15-20,26,36H,10-14,33H2,1-7H3,(H,39,40)(H4,34,35,37)/t26-,32?/m0/s1. The van der Waals surface area contributed by atoms with Crippen LogP contribution in [0.25, 0.3) is 0 Å². The van der Waals surface area contributed by atoms with E-state index in [9.17, 15) is 14.7 Å². The van der Waals surface area contributed by atoms with E-state index in [0.29, 0.717) is 42.9 Å². The van der Waals surface area contributed by atoms with Crippen molar-refractivity contribution in [1.82, 2.24) is 10.2 Å². The zero-order chi connectivity index (χ0) is 33.9. The van der Waals surface area contributed by atoms with Crippen LogP contribution in [0.3, 0.4) is 0 Å². The normalized spacial score (nSPS) is 16.0. The molecule has 0 aromatic heterocycles. The van der Waals surface area contributed by atoms with Gasteiger partial charge in [0.05, 0.1) is 10.6 Å². The lowest BCUT2D eigenvalue weighted by Gasteiger charge is -2.36. The summed E-state index contributed by atoms with van der Waals surface area (Å²) in [6.45, 7) is 14.9. The first-order valence-electron chi connectivity index (χ1n) is 15.2. The van der Waals surface area contributed by atoms with Gasteiger partial charge in [-0.05, 0) is 59.4 Å². The van der Waals surface area contributed by atoms with Crippen LogP contribution in [0, 0.1) is 0 Å². The number of benzene rings is 2. The van der Waals surface area contributed by atoms with Gasteiger partial charge < -0.3 is 37.3 Å². The van der Waals surface area contributed by atoms with Crippen LogP contribution in [0.2, 0.25) is 0 Å². The van der Waals surface area contributed by atoms with E-state index in [0.717, 1.165) is 5.56 Å². The minimum absolute atomic E-state index is 0.0141. The van der Waals surface area contributed by atoms with Gasteiger partial charge in [0.2, 0.25) is 14.8 Å². The Labute approximate surface area is 266 Å². The predicted octanol–water partition coefficient (Wildman–Crippen LogP) is 3.60. The fourth-order valence-electron chi connectivity index (χ4n) is 5.39. The molecule has 1 amide bonds. The molecule has 1 aliphatic rings. The third kappa shape index (κ3) is 7.77. The number of nitrogens with zero attached hydrogens (tertiary/aromatic N) is 2. The van der Waals surface area contributed by atoms with Crippen LogP contribution in [0.5, 0.6) is 0 Å². The molecule has 1 unspecified atom stereocenters. The maximum Gasteiger partial charge on any atom is 0.411 e. The summed E-state index contributed by atoms with van der Waals surface area (Å²) in [5.41, 5.74) is 20.1. The Kier molecular flexibility index (Phi) is 11.3. The van der Waals surface area contributed by atoms with Gasteiger partial charge in [-0.2, -0.15) is 0 Å². The fourth-order valence-corrected chi connectivity index (χ4v) is 7.63. The van der Waals surface area contributed by atoms with Crippen LogP contribution in [0.4, 0.5) is 10.5 Å². The number of sulfone groups is 1. The molecule has 0 spiro atoms. The van der Waals surface area contributed by atoms with Gasteiger partial charge in [-0.3, -0.25) is 4.79 Å². The molecule has 0 saturated carbocycles. The van der Waals surface area contributed by atoms with E-state index in [1.165, 1.54) is 24.0 Å². The first-order valence-corrected chi connectivity index (χ1v) is 16.7. The number of nitrogens with one attached hydrogen (secondary N) is 1. The summed E-state index contributed by atoms with van der Waals surface area (Å²) in [7, 11) is -4.54. The number of nitrogens with two attached hydrogens (primary N) is 3. The molecule has 8 N–H and O–H groups in total. The SMILES string of the molecule is CC(C)c1cc(C(C)C)c(S(=O)(=O)C(C)(OC(=O)N2CCNCC2)c2ccc(C[C@H](N)C(=O)O)cc2N=C(N)N)c(C(C)C)c1. The number of hydrogen-bond donors (Lipinski definition) is 5. The quantitative estimate of drug-likeness (QED) is 0.178. The lowest BCUT2D eigenvalue weighted by molar-refractivity contribution is -0.138. The Morgan fingerprint density at radius 1 is 1.00 bits per heavy atom. The number of carboxylic acids is 1. The van der Waals surface area contributed by atoms with Crippen molar-refractivity contribution in [3.63, 3.8) is 0 Å². The minimum Gasteiger partial charge on any atom is -0.480 e. The average molecular weight is 645 g/mol. The highest BCUT2D eigenvalue weighted by molar-refractivity contribution is 7.92. The summed E-state index contributed by atoms with van der Waals surface area (Å²) in [5.74, 6) is -1.79. The molecule has 13 heteroatoms. The number of amides is 1. The van der Waals surface area contributed by atoms with Gasteiger partial charge in [0, 0.05) is 31.7 Å². The molecule has 248 valence electrons. The van der Waals surface area contributed by atoms with Crippen LogP contribution >= 0.6 is 0 Å². The van der Waals surface area contributed by atoms with E-state index in [2.05, 4.69) is 24.2 Å². The van der Waals surface area contributed by atoms with Crippen molar-refractivity contribution < 1.29 is 27.9 Å². The largest absolute Gasteiger partial charge is 0.480 e.